The van der Waals surface area contributed by atoms with Crippen LogP contribution >= 0.6 is 23.4 Å². The first-order chi connectivity index (χ1) is 8.69. The molecule has 0 saturated heterocycles. The molecule has 0 spiro atoms. The topological polar surface area (TPSA) is 37.3 Å². The van der Waals surface area contributed by atoms with E-state index in [0.29, 0.717) is 6.42 Å². The first-order valence-corrected chi connectivity index (χ1v) is 7.65. The largest absolute Gasteiger partial charge is 0.392 e. The lowest BCUT2D eigenvalue weighted by atomic mass is 9.99. The molecule has 1 aromatic rings. The van der Waals surface area contributed by atoms with Crippen LogP contribution in [0.15, 0.2) is 30.3 Å². The number of hydrogen-bond donors (Lipinski definition) is 1. The molecule has 0 aromatic heterocycles. The van der Waals surface area contributed by atoms with E-state index in [0.717, 1.165) is 12.2 Å². The van der Waals surface area contributed by atoms with Crippen molar-refractivity contribution >= 4 is 28.5 Å². The molecule has 0 aliphatic rings. The quantitative estimate of drug-likeness (QED) is 0.783. The number of aliphatic hydroxyl groups excluding tert-OH is 1. The van der Waals surface area contributed by atoms with Crippen molar-refractivity contribution in [2.45, 2.75) is 25.9 Å². The number of alkyl halides is 1. The molecule has 0 saturated carbocycles. The Balaban J connectivity index is 2.47. The van der Waals surface area contributed by atoms with E-state index < -0.39 is 12.0 Å². The van der Waals surface area contributed by atoms with Crippen molar-refractivity contribution in [3.63, 3.8) is 0 Å². The Morgan fingerprint density at radius 2 is 2.06 bits per heavy atom. The predicted octanol–water partition coefficient (Wildman–Crippen LogP) is 3.11. The van der Waals surface area contributed by atoms with Gasteiger partial charge in [0.25, 0.3) is 0 Å². The first kappa shape index (κ1) is 15.5. The highest BCUT2D eigenvalue weighted by Crippen LogP contribution is 2.20. The zero-order valence-corrected chi connectivity index (χ0v) is 12.1. The highest BCUT2D eigenvalue weighted by atomic mass is 35.5. The van der Waals surface area contributed by atoms with E-state index in [9.17, 15) is 9.90 Å². The number of hydrogen-bond acceptors (Lipinski definition) is 3. The maximum Gasteiger partial charge on any atom is 0.195 e. The fourth-order valence-corrected chi connectivity index (χ4v) is 2.91. The molecule has 0 amide bonds. The Morgan fingerprint density at radius 1 is 1.39 bits per heavy atom. The van der Waals surface area contributed by atoms with Crippen LogP contribution < -0.4 is 0 Å². The molecule has 2 nitrogen and oxygen atoms in total. The minimum absolute atomic E-state index is 0.00642. The Hall–Kier alpha value is -0.510. The summed E-state index contributed by atoms with van der Waals surface area (Å²) >= 11 is 7.01. The van der Waals surface area contributed by atoms with Gasteiger partial charge in [0.15, 0.2) is 5.12 Å². The van der Waals surface area contributed by atoms with E-state index in [2.05, 4.69) is 0 Å². The van der Waals surface area contributed by atoms with Crippen LogP contribution in [0.1, 0.15) is 18.9 Å². The summed E-state index contributed by atoms with van der Waals surface area (Å²) < 4.78 is 0. The molecule has 0 fully saturated rings. The smallest absolute Gasteiger partial charge is 0.195 e. The highest BCUT2D eigenvalue weighted by molar-refractivity contribution is 8.13. The van der Waals surface area contributed by atoms with E-state index in [4.69, 9.17) is 11.6 Å². The second kappa shape index (κ2) is 8.57. The molecule has 1 rings (SSSR count). The van der Waals surface area contributed by atoms with E-state index in [1.165, 1.54) is 17.3 Å². The average molecular weight is 287 g/mol. The summed E-state index contributed by atoms with van der Waals surface area (Å²) in [6, 6.07) is 9.94. The molecule has 0 heterocycles. The van der Waals surface area contributed by atoms with Gasteiger partial charge in [-0.2, -0.15) is 0 Å². The van der Waals surface area contributed by atoms with Crippen molar-refractivity contribution in [2.75, 3.05) is 11.6 Å². The normalized spacial score (nSPS) is 14.2. The van der Waals surface area contributed by atoms with Crippen LogP contribution in [0.25, 0.3) is 0 Å². The van der Waals surface area contributed by atoms with Crippen LogP contribution in [0.4, 0.5) is 0 Å². The number of halogens is 1. The minimum atomic E-state index is -0.658. The molecule has 0 aliphatic heterocycles. The molecule has 1 N–H and O–H groups in total. The van der Waals surface area contributed by atoms with E-state index in [1.807, 2.05) is 37.3 Å². The number of carbonyl (C=O) groups excluding carboxylic acids is 1. The summed E-state index contributed by atoms with van der Waals surface area (Å²) in [7, 11) is 0. The van der Waals surface area contributed by atoms with Gasteiger partial charge in [-0.1, -0.05) is 49.0 Å². The molecule has 0 radical (unpaired) electrons. The van der Waals surface area contributed by atoms with Gasteiger partial charge >= 0.3 is 0 Å². The number of aryl methyl sites for hydroxylation is 1. The van der Waals surface area contributed by atoms with Crippen molar-refractivity contribution in [1.82, 2.24) is 0 Å². The van der Waals surface area contributed by atoms with E-state index in [-0.39, 0.29) is 11.0 Å². The number of benzene rings is 1. The van der Waals surface area contributed by atoms with Crippen LogP contribution in [-0.4, -0.2) is 28.0 Å². The summed E-state index contributed by atoms with van der Waals surface area (Å²) in [4.78, 5) is 11.7. The fourth-order valence-electron chi connectivity index (χ4n) is 1.73. The molecule has 2 unspecified atom stereocenters. The third-order valence-corrected chi connectivity index (χ3v) is 4.00. The maximum atomic E-state index is 11.7. The lowest BCUT2D eigenvalue weighted by Gasteiger charge is -2.18. The van der Waals surface area contributed by atoms with Gasteiger partial charge in [-0.25, -0.2) is 0 Å². The number of aliphatic hydroxyl groups is 1. The molecular formula is C14H19ClO2S. The number of rotatable bonds is 7. The standard InChI is InChI=1S/C14H19ClO2S/c1-2-18-14(17)12(10-15)13(16)9-8-11-6-4-3-5-7-11/h3-7,12-13,16H,2,8-10H2,1H3. The maximum absolute atomic E-state index is 11.7. The number of thioether (sulfide) groups is 1. The van der Waals surface area contributed by atoms with Crippen molar-refractivity contribution < 1.29 is 9.90 Å². The van der Waals surface area contributed by atoms with Gasteiger partial charge in [0.05, 0.1) is 12.0 Å². The molecule has 4 heteroatoms. The Kier molecular flexibility index (Phi) is 7.40. The summed E-state index contributed by atoms with van der Waals surface area (Å²) in [6.07, 6.45) is 0.672. The Bertz CT molecular complexity index is 356. The SMILES string of the molecule is CCSC(=O)C(CCl)C(O)CCc1ccccc1. The van der Waals surface area contributed by atoms with Crippen molar-refractivity contribution in [3.8, 4) is 0 Å². The predicted molar refractivity (Wildman–Crippen MR) is 78.1 cm³/mol. The molecular weight excluding hydrogens is 268 g/mol. The van der Waals surface area contributed by atoms with Crippen molar-refractivity contribution in [2.24, 2.45) is 5.92 Å². The average Bonchev–Trinajstić information content (AvgIpc) is 2.39. The minimum Gasteiger partial charge on any atom is -0.392 e. The molecule has 1 aromatic carbocycles. The van der Waals surface area contributed by atoms with Gasteiger partial charge < -0.3 is 5.11 Å². The third kappa shape index (κ3) is 5.01. The van der Waals surface area contributed by atoms with Crippen LogP contribution in [-0.2, 0) is 11.2 Å². The summed E-state index contributed by atoms with van der Waals surface area (Å²) in [5.41, 5.74) is 1.17. The lowest BCUT2D eigenvalue weighted by molar-refractivity contribution is -0.116. The molecule has 100 valence electrons. The van der Waals surface area contributed by atoms with Gasteiger partial charge in [-0.15, -0.1) is 11.6 Å². The third-order valence-electron chi connectivity index (χ3n) is 2.79. The van der Waals surface area contributed by atoms with Gasteiger partial charge in [-0.05, 0) is 24.2 Å². The summed E-state index contributed by atoms with van der Waals surface area (Å²) in [5, 5.41) is 10.0. The van der Waals surface area contributed by atoms with E-state index in [1.54, 1.807) is 0 Å². The van der Waals surface area contributed by atoms with E-state index >= 15 is 0 Å². The van der Waals surface area contributed by atoms with Gasteiger partial charge in [0.1, 0.15) is 0 Å². The fraction of sp³-hybridized carbons (Fsp3) is 0.500. The molecule has 18 heavy (non-hydrogen) atoms. The Labute approximate surface area is 118 Å². The molecule has 0 bridgehead atoms. The van der Waals surface area contributed by atoms with Crippen molar-refractivity contribution in [1.29, 1.82) is 0 Å². The zero-order chi connectivity index (χ0) is 13.4. The summed E-state index contributed by atoms with van der Waals surface area (Å²) in [5.74, 6) is 0.444. The lowest BCUT2D eigenvalue weighted by Crippen LogP contribution is -2.28. The first-order valence-electron chi connectivity index (χ1n) is 6.13. The van der Waals surface area contributed by atoms with Crippen LogP contribution in [0.5, 0.6) is 0 Å². The van der Waals surface area contributed by atoms with Gasteiger partial charge in [-0.3, -0.25) is 4.79 Å². The highest BCUT2D eigenvalue weighted by Gasteiger charge is 2.25. The summed E-state index contributed by atoms with van der Waals surface area (Å²) in [6.45, 7) is 1.92. The van der Waals surface area contributed by atoms with Crippen LogP contribution in [0.2, 0.25) is 0 Å². The van der Waals surface area contributed by atoms with Crippen LogP contribution in [0, 0.1) is 5.92 Å². The van der Waals surface area contributed by atoms with Crippen molar-refractivity contribution in [3.05, 3.63) is 35.9 Å². The molecule has 0 aliphatic carbocycles. The number of carbonyl (C=O) groups is 1. The van der Waals surface area contributed by atoms with Crippen LogP contribution in [0.3, 0.4) is 0 Å². The zero-order valence-electron chi connectivity index (χ0n) is 10.5. The van der Waals surface area contributed by atoms with Gasteiger partial charge in [0.2, 0.25) is 0 Å². The van der Waals surface area contributed by atoms with Gasteiger partial charge in [0, 0.05) is 5.88 Å². The second-order valence-corrected chi connectivity index (χ2v) is 5.68. The second-order valence-electron chi connectivity index (χ2n) is 4.10. The Morgan fingerprint density at radius 3 is 2.61 bits per heavy atom. The molecule has 2 atom stereocenters. The monoisotopic (exact) mass is 286 g/mol.